The van der Waals surface area contributed by atoms with E-state index in [1.807, 2.05) is 0 Å². The molecule has 1 saturated carbocycles. The second-order valence-corrected chi connectivity index (χ2v) is 6.12. The van der Waals surface area contributed by atoms with Crippen molar-refractivity contribution in [3.05, 3.63) is 34.4 Å². The molecule has 1 aromatic carbocycles. The van der Waals surface area contributed by atoms with Gasteiger partial charge < -0.3 is 5.32 Å². The first-order chi connectivity index (χ1) is 8.56. The maximum Gasteiger partial charge on any atom is 0.0406 e. The van der Waals surface area contributed by atoms with Crippen LogP contribution in [-0.2, 0) is 6.54 Å². The van der Waals surface area contributed by atoms with Crippen LogP contribution in [0.25, 0.3) is 0 Å². The molecule has 0 bridgehead atoms. The van der Waals surface area contributed by atoms with Crippen molar-refractivity contribution in [1.82, 2.24) is 5.32 Å². The molecule has 100 valence electrons. The van der Waals surface area contributed by atoms with E-state index in [4.69, 9.17) is 11.6 Å². The lowest BCUT2D eigenvalue weighted by molar-refractivity contribution is 0.367. The van der Waals surface area contributed by atoms with Crippen molar-refractivity contribution in [2.45, 2.75) is 58.5 Å². The Labute approximate surface area is 116 Å². The molecular weight excluding hydrogens is 242 g/mol. The fourth-order valence-electron chi connectivity index (χ4n) is 3.17. The van der Waals surface area contributed by atoms with Gasteiger partial charge in [0.1, 0.15) is 0 Å². The number of hydrogen-bond acceptors (Lipinski definition) is 1. The average Bonchev–Trinajstić information content (AvgIpc) is 2.77. The van der Waals surface area contributed by atoms with Crippen LogP contribution >= 0.6 is 11.6 Å². The summed E-state index contributed by atoms with van der Waals surface area (Å²) in [6, 6.07) is 4.54. The summed E-state index contributed by atoms with van der Waals surface area (Å²) in [6.07, 6.45) is 5.07. The molecular formula is C16H24ClN. The molecule has 0 amide bonds. The zero-order chi connectivity index (χ0) is 13.2. The van der Waals surface area contributed by atoms with E-state index < -0.39 is 0 Å². The fraction of sp³-hybridized carbons (Fsp3) is 0.625. The van der Waals surface area contributed by atoms with Crippen LogP contribution in [0.5, 0.6) is 0 Å². The van der Waals surface area contributed by atoms with Crippen LogP contribution in [-0.4, -0.2) is 11.4 Å². The summed E-state index contributed by atoms with van der Waals surface area (Å²) in [5.41, 5.74) is 5.76. The Morgan fingerprint density at radius 3 is 2.17 bits per heavy atom. The van der Waals surface area contributed by atoms with E-state index in [1.165, 1.54) is 47.9 Å². The molecule has 1 N–H and O–H groups in total. The molecule has 2 heteroatoms. The van der Waals surface area contributed by atoms with E-state index in [2.05, 4.69) is 38.2 Å². The lowest BCUT2D eigenvalue weighted by atomic mass is 9.96. The minimum atomic E-state index is 0.186. The molecule has 1 aliphatic rings. The Balaban J connectivity index is 2.10. The molecule has 1 aliphatic carbocycles. The van der Waals surface area contributed by atoms with Gasteiger partial charge in [0.05, 0.1) is 0 Å². The average molecular weight is 266 g/mol. The van der Waals surface area contributed by atoms with Crippen molar-refractivity contribution in [2.24, 2.45) is 0 Å². The van der Waals surface area contributed by atoms with Gasteiger partial charge in [-0.3, -0.25) is 0 Å². The third-order valence-corrected chi connectivity index (χ3v) is 4.81. The molecule has 0 aliphatic heterocycles. The maximum absolute atomic E-state index is 6.17. The molecule has 1 nitrogen and oxygen atoms in total. The zero-order valence-electron chi connectivity index (χ0n) is 11.8. The summed E-state index contributed by atoms with van der Waals surface area (Å²) in [7, 11) is 0. The van der Waals surface area contributed by atoms with Gasteiger partial charge in [0.2, 0.25) is 0 Å². The predicted octanol–water partition coefficient (Wildman–Crippen LogP) is 4.25. The highest BCUT2D eigenvalue weighted by atomic mass is 35.5. The minimum absolute atomic E-state index is 0.186. The van der Waals surface area contributed by atoms with Gasteiger partial charge in [-0.1, -0.05) is 30.5 Å². The Hall–Kier alpha value is -0.530. The zero-order valence-corrected chi connectivity index (χ0v) is 12.5. The van der Waals surface area contributed by atoms with Gasteiger partial charge >= 0.3 is 0 Å². The standard InChI is InChI=1S/C16H24ClN/c1-12-8-13(2)15(14(3)9-12)10-18-16(11-17)6-4-5-7-16/h8-9,18H,4-7,10-11H2,1-3H3. The van der Waals surface area contributed by atoms with Crippen molar-refractivity contribution in [2.75, 3.05) is 5.88 Å². The molecule has 0 aromatic heterocycles. The van der Waals surface area contributed by atoms with Gasteiger partial charge in [-0.25, -0.2) is 0 Å². The van der Waals surface area contributed by atoms with Gasteiger partial charge in [0.15, 0.2) is 0 Å². The maximum atomic E-state index is 6.17. The van der Waals surface area contributed by atoms with E-state index in [9.17, 15) is 0 Å². The fourth-order valence-corrected chi connectivity index (χ4v) is 3.54. The SMILES string of the molecule is Cc1cc(C)c(CNC2(CCl)CCCC2)c(C)c1. The summed E-state index contributed by atoms with van der Waals surface area (Å²) in [6.45, 7) is 7.52. The molecule has 0 heterocycles. The van der Waals surface area contributed by atoms with Gasteiger partial charge in [0.25, 0.3) is 0 Å². The van der Waals surface area contributed by atoms with E-state index in [1.54, 1.807) is 0 Å². The van der Waals surface area contributed by atoms with Gasteiger partial charge in [-0.2, -0.15) is 0 Å². The van der Waals surface area contributed by atoms with Crippen LogP contribution in [0.2, 0.25) is 0 Å². The summed E-state index contributed by atoms with van der Waals surface area (Å²) in [5, 5.41) is 3.73. The highest BCUT2D eigenvalue weighted by Crippen LogP contribution is 2.31. The monoisotopic (exact) mass is 265 g/mol. The number of hydrogen-bond donors (Lipinski definition) is 1. The quantitative estimate of drug-likeness (QED) is 0.803. The lowest BCUT2D eigenvalue weighted by Crippen LogP contribution is -2.44. The number of nitrogens with one attached hydrogen (secondary N) is 1. The van der Waals surface area contributed by atoms with Crippen molar-refractivity contribution in [1.29, 1.82) is 0 Å². The van der Waals surface area contributed by atoms with Gasteiger partial charge in [-0.05, 0) is 50.3 Å². The summed E-state index contributed by atoms with van der Waals surface area (Å²) < 4.78 is 0. The highest BCUT2D eigenvalue weighted by Gasteiger charge is 2.32. The molecule has 0 spiro atoms. The van der Waals surface area contributed by atoms with Crippen molar-refractivity contribution in [3.8, 4) is 0 Å². The number of rotatable bonds is 4. The van der Waals surface area contributed by atoms with Crippen LogP contribution in [0.1, 0.15) is 47.9 Å². The van der Waals surface area contributed by atoms with E-state index in [-0.39, 0.29) is 5.54 Å². The molecule has 18 heavy (non-hydrogen) atoms. The molecule has 0 unspecified atom stereocenters. The summed E-state index contributed by atoms with van der Waals surface area (Å²) in [4.78, 5) is 0. The first kappa shape index (κ1) is 13.9. The number of aryl methyl sites for hydroxylation is 3. The summed E-state index contributed by atoms with van der Waals surface area (Å²) >= 11 is 6.17. The van der Waals surface area contributed by atoms with Crippen LogP contribution in [0.15, 0.2) is 12.1 Å². The first-order valence-corrected chi connectivity index (χ1v) is 7.47. The Morgan fingerprint density at radius 1 is 1.11 bits per heavy atom. The lowest BCUT2D eigenvalue weighted by Gasteiger charge is -2.29. The van der Waals surface area contributed by atoms with Crippen molar-refractivity contribution in [3.63, 3.8) is 0 Å². The number of halogens is 1. The van der Waals surface area contributed by atoms with E-state index >= 15 is 0 Å². The van der Waals surface area contributed by atoms with E-state index in [0.717, 1.165) is 12.4 Å². The molecule has 0 atom stereocenters. The van der Waals surface area contributed by atoms with Gasteiger partial charge in [-0.15, -0.1) is 11.6 Å². The topological polar surface area (TPSA) is 12.0 Å². The predicted molar refractivity (Wildman–Crippen MR) is 79.4 cm³/mol. The highest BCUT2D eigenvalue weighted by molar-refractivity contribution is 6.18. The van der Waals surface area contributed by atoms with Crippen LogP contribution in [0.3, 0.4) is 0 Å². The van der Waals surface area contributed by atoms with Crippen molar-refractivity contribution >= 4 is 11.6 Å². The number of benzene rings is 1. The number of alkyl halides is 1. The molecule has 0 radical (unpaired) electrons. The molecule has 0 saturated heterocycles. The molecule has 2 rings (SSSR count). The smallest absolute Gasteiger partial charge is 0.0406 e. The second kappa shape index (κ2) is 5.63. The normalized spacial score (nSPS) is 18.2. The first-order valence-electron chi connectivity index (χ1n) is 6.94. The largest absolute Gasteiger partial charge is 0.306 e. The van der Waals surface area contributed by atoms with E-state index in [0.29, 0.717) is 0 Å². The van der Waals surface area contributed by atoms with Crippen LogP contribution in [0, 0.1) is 20.8 Å². The van der Waals surface area contributed by atoms with Gasteiger partial charge in [0, 0.05) is 18.0 Å². The Kier molecular flexibility index (Phi) is 4.34. The van der Waals surface area contributed by atoms with Crippen LogP contribution < -0.4 is 5.32 Å². The Morgan fingerprint density at radius 2 is 1.67 bits per heavy atom. The van der Waals surface area contributed by atoms with Crippen LogP contribution in [0.4, 0.5) is 0 Å². The second-order valence-electron chi connectivity index (χ2n) is 5.85. The third-order valence-electron chi connectivity index (χ3n) is 4.30. The van der Waals surface area contributed by atoms with Crippen molar-refractivity contribution < 1.29 is 0 Å². The molecule has 1 fully saturated rings. The minimum Gasteiger partial charge on any atom is -0.306 e. The Bertz CT molecular complexity index is 396. The molecule has 1 aromatic rings. The summed E-state index contributed by atoms with van der Waals surface area (Å²) in [5.74, 6) is 0.733. The third kappa shape index (κ3) is 2.89.